The third-order valence-corrected chi connectivity index (χ3v) is 4.06. The molecule has 1 fully saturated rings. The first kappa shape index (κ1) is 16.8. The highest BCUT2D eigenvalue weighted by atomic mass is 15.2. The Kier molecular flexibility index (Phi) is 7.23. The lowest BCUT2D eigenvalue weighted by Crippen LogP contribution is -2.37. The van der Waals surface area contributed by atoms with Gasteiger partial charge in [0, 0.05) is 19.6 Å². The molecule has 0 amide bonds. The monoisotopic (exact) mass is 302 g/mol. The molecule has 0 atom stereocenters. The molecule has 4 nitrogen and oxygen atoms in total. The normalized spacial score (nSPS) is 15.4. The molecule has 0 aliphatic carbocycles. The van der Waals surface area contributed by atoms with Crippen molar-refractivity contribution in [3.8, 4) is 0 Å². The van der Waals surface area contributed by atoms with Crippen molar-refractivity contribution in [3.05, 3.63) is 35.4 Å². The second kappa shape index (κ2) is 9.46. The first-order chi connectivity index (χ1) is 10.8. The lowest BCUT2D eigenvalue weighted by molar-refractivity contribution is 0.220. The molecular formula is C18H30N4. The Balaban J connectivity index is 2.01. The molecule has 1 heterocycles. The molecule has 1 aliphatic rings. The molecule has 1 aromatic rings. The Morgan fingerprint density at radius 1 is 1.00 bits per heavy atom. The molecule has 1 saturated heterocycles. The van der Waals surface area contributed by atoms with E-state index in [-0.39, 0.29) is 0 Å². The van der Waals surface area contributed by atoms with Crippen LogP contribution in [-0.4, -0.2) is 37.0 Å². The van der Waals surface area contributed by atoms with Gasteiger partial charge in [0.15, 0.2) is 5.96 Å². The van der Waals surface area contributed by atoms with Gasteiger partial charge < -0.3 is 10.6 Å². The van der Waals surface area contributed by atoms with Crippen molar-refractivity contribution in [2.75, 3.05) is 26.2 Å². The van der Waals surface area contributed by atoms with E-state index in [0.29, 0.717) is 0 Å². The summed E-state index contributed by atoms with van der Waals surface area (Å²) in [7, 11) is 0. The molecule has 0 spiro atoms. The third-order valence-electron chi connectivity index (χ3n) is 4.06. The molecule has 4 heteroatoms. The zero-order chi connectivity index (χ0) is 15.6. The molecule has 122 valence electrons. The molecule has 0 radical (unpaired) electrons. The molecule has 0 bridgehead atoms. The molecule has 1 aliphatic heterocycles. The van der Waals surface area contributed by atoms with Gasteiger partial charge in [0.25, 0.3) is 0 Å². The van der Waals surface area contributed by atoms with Crippen LogP contribution in [0.3, 0.4) is 0 Å². The van der Waals surface area contributed by atoms with Crippen LogP contribution in [-0.2, 0) is 13.1 Å². The van der Waals surface area contributed by atoms with Crippen LogP contribution in [0, 0.1) is 0 Å². The summed E-state index contributed by atoms with van der Waals surface area (Å²) >= 11 is 0. The van der Waals surface area contributed by atoms with Crippen molar-refractivity contribution in [1.29, 1.82) is 0 Å². The predicted molar refractivity (Wildman–Crippen MR) is 94.1 cm³/mol. The van der Waals surface area contributed by atoms with Crippen LogP contribution in [0.25, 0.3) is 0 Å². The first-order valence-corrected chi connectivity index (χ1v) is 8.64. The van der Waals surface area contributed by atoms with E-state index < -0.39 is 0 Å². The Bertz CT molecular complexity index is 456. The molecule has 1 aromatic carbocycles. The Morgan fingerprint density at radius 2 is 1.64 bits per heavy atom. The molecule has 0 saturated carbocycles. The molecule has 0 aromatic heterocycles. The van der Waals surface area contributed by atoms with Crippen LogP contribution in [0.5, 0.6) is 0 Å². The summed E-state index contributed by atoms with van der Waals surface area (Å²) < 4.78 is 0. The molecule has 22 heavy (non-hydrogen) atoms. The highest BCUT2D eigenvalue weighted by Crippen LogP contribution is 2.16. The second-order valence-electron chi connectivity index (χ2n) is 5.83. The van der Waals surface area contributed by atoms with Crippen LogP contribution in [0.15, 0.2) is 29.3 Å². The summed E-state index contributed by atoms with van der Waals surface area (Å²) in [5, 5.41) is 6.57. The van der Waals surface area contributed by atoms with E-state index in [1.807, 2.05) is 0 Å². The van der Waals surface area contributed by atoms with Gasteiger partial charge in [-0.15, -0.1) is 0 Å². The predicted octanol–water partition coefficient (Wildman–Crippen LogP) is 2.75. The highest BCUT2D eigenvalue weighted by molar-refractivity contribution is 5.79. The van der Waals surface area contributed by atoms with Crippen molar-refractivity contribution in [2.45, 2.75) is 46.2 Å². The van der Waals surface area contributed by atoms with Crippen LogP contribution in [0.2, 0.25) is 0 Å². The van der Waals surface area contributed by atoms with Gasteiger partial charge in [-0.3, -0.25) is 4.90 Å². The van der Waals surface area contributed by atoms with E-state index in [2.05, 4.69) is 53.6 Å². The van der Waals surface area contributed by atoms with Crippen molar-refractivity contribution in [2.24, 2.45) is 4.99 Å². The summed E-state index contributed by atoms with van der Waals surface area (Å²) in [5.41, 5.74) is 2.75. The minimum atomic E-state index is 0.735. The quantitative estimate of drug-likeness (QED) is 0.627. The van der Waals surface area contributed by atoms with Gasteiger partial charge in [-0.2, -0.15) is 0 Å². The number of guanidine groups is 1. The number of hydrogen-bond donors (Lipinski definition) is 2. The van der Waals surface area contributed by atoms with Crippen LogP contribution in [0.1, 0.15) is 44.2 Å². The maximum atomic E-state index is 4.70. The van der Waals surface area contributed by atoms with Crippen LogP contribution < -0.4 is 10.6 Å². The fraction of sp³-hybridized carbons (Fsp3) is 0.611. The van der Waals surface area contributed by atoms with Gasteiger partial charge in [-0.05, 0) is 50.9 Å². The maximum absolute atomic E-state index is 4.70. The number of rotatable bonds is 6. The standard InChI is InChI=1S/C18H30N4/c1-3-19-18(20-4-2)21-14-16-10-6-7-11-17(16)15-22-12-8-5-9-13-22/h6-7,10-11H,3-5,8-9,12-15H2,1-2H3,(H2,19,20,21). The summed E-state index contributed by atoms with van der Waals surface area (Å²) in [4.78, 5) is 7.27. The van der Waals surface area contributed by atoms with Gasteiger partial charge >= 0.3 is 0 Å². The fourth-order valence-corrected chi connectivity index (χ4v) is 2.90. The second-order valence-corrected chi connectivity index (χ2v) is 5.83. The number of nitrogens with zero attached hydrogens (tertiary/aromatic N) is 2. The fourth-order valence-electron chi connectivity index (χ4n) is 2.90. The lowest BCUT2D eigenvalue weighted by atomic mass is 10.1. The molecule has 0 unspecified atom stereocenters. The van der Waals surface area contributed by atoms with E-state index in [1.165, 1.54) is 43.5 Å². The Morgan fingerprint density at radius 3 is 2.27 bits per heavy atom. The smallest absolute Gasteiger partial charge is 0.191 e. The molecule has 2 N–H and O–H groups in total. The number of piperidine rings is 1. The highest BCUT2D eigenvalue weighted by Gasteiger charge is 2.12. The topological polar surface area (TPSA) is 39.7 Å². The maximum Gasteiger partial charge on any atom is 0.191 e. The minimum Gasteiger partial charge on any atom is -0.357 e. The van der Waals surface area contributed by atoms with Crippen molar-refractivity contribution < 1.29 is 0 Å². The average Bonchev–Trinajstić information content (AvgIpc) is 2.55. The lowest BCUT2D eigenvalue weighted by Gasteiger charge is -2.27. The largest absolute Gasteiger partial charge is 0.357 e. The number of likely N-dealkylation sites (tertiary alicyclic amines) is 1. The number of nitrogens with one attached hydrogen (secondary N) is 2. The number of aliphatic imine (C=N–C) groups is 1. The van der Waals surface area contributed by atoms with Gasteiger partial charge in [-0.1, -0.05) is 30.7 Å². The summed E-state index contributed by atoms with van der Waals surface area (Å²) in [6.07, 6.45) is 4.06. The number of benzene rings is 1. The van der Waals surface area contributed by atoms with Gasteiger partial charge in [0.2, 0.25) is 0 Å². The van der Waals surface area contributed by atoms with E-state index in [0.717, 1.165) is 32.1 Å². The van der Waals surface area contributed by atoms with Crippen LogP contribution >= 0.6 is 0 Å². The summed E-state index contributed by atoms with van der Waals surface area (Å²) in [6.45, 7) is 10.2. The molecular weight excluding hydrogens is 272 g/mol. The summed E-state index contributed by atoms with van der Waals surface area (Å²) in [5.74, 6) is 0.901. The summed E-state index contributed by atoms with van der Waals surface area (Å²) in [6, 6.07) is 8.71. The van der Waals surface area contributed by atoms with Crippen molar-refractivity contribution in [1.82, 2.24) is 15.5 Å². The van der Waals surface area contributed by atoms with Crippen molar-refractivity contribution >= 4 is 5.96 Å². The van der Waals surface area contributed by atoms with Gasteiger partial charge in [0.05, 0.1) is 6.54 Å². The van der Waals surface area contributed by atoms with Crippen molar-refractivity contribution in [3.63, 3.8) is 0 Å². The first-order valence-electron chi connectivity index (χ1n) is 8.64. The van der Waals surface area contributed by atoms with E-state index in [4.69, 9.17) is 4.99 Å². The number of hydrogen-bond acceptors (Lipinski definition) is 2. The average molecular weight is 302 g/mol. The minimum absolute atomic E-state index is 0.735. The van der Waals surface area contributed by atoms with E-state index in [1.54, 1.807) is 0 Å². The van der Waals surface area contributed by atoms with Gasteiger partial charge in [-0.25, -0.2) is 4.99 Å². The van der Waals surface area contributed by atoms with Crippen LogP contribution in [0.4, 0.5) is 0 Å². The molecule has 2 rings (SSSR count). The zero-order valence-electron chi connectivity index (χ0n) is 14.1. The van der Waals surface area contributed by atoms with Gasteiger partial charge in [0.1, 0.15) is 0 Å². The van der Waals surface area contributed by atoms with E-state index in [9.17, 15) is 0 Å². The zero-order valence-corrected chi connectivity index (χ0v) is 14.1. The Hall–Kier alpha value is -1.55. The SMILES string of the molecule is CCNC(=NCc1ccccc1CN1CCCCC1)NCC. The third kappa shape index (κ3) is 5.34. The Labute approximate surface area is 135 Å². The van der Waals surface area contributed by atoms with E-state index >= 15 is 0 Å².